The van der Waals surface area contributed by atoms with E-state index in [1.54, 1.807) is 12.3 Å². The summed E-state index contributed by atoms with van der Waals surface area (Å²) < 4.78 is 15.5. The van der Waals surface area contributed by atoms with Crippen LogP contribution < -0.4 is 15.0 Å². The lowest BCUT2D eigenvalue weighted by Crippen LogP contribution is -2.22. The minimum absolute atomic E-state index is 0.238. The van der Waals surface area contributed by atoms with Crippen LogP contribution in [0.15, 0.2) is 71.8 Å². The van der Waals surface area contributed by atoms with Crippen LogP contribution in [-0.2, 0) is 13.0 Å². The van der Waals surface area contributed by atoms with Gasteiger partial charge in [-0.2, -0.15) is 9.78 Å². The number of nitrogens with zero attached hydrogens (tertiary/aromatic N) is 3. The van der Waals surface area contributed by atoms with E-state index in [4.69, 9.17) is 21.1 Å². The van der Waals surface area contributed by atoms with Gasteiger partial charge >= 0.3 is 0 Å². The number of benzene rings is 3. The molecule has 6 nitrogen and oxygen atoms in total. The number of hydrogen-bond donors (Lipinski definition) is 0. The van der Waals surface area contributed by atoms with Crippen LogP contribution in [0.4, 0.5) is 0 Å². The van der Waals surface area contributed by atoms with Gasteiger partial charge in [-0.3, -0.25) is 4.79 Å². The van der Waals surface area contributed by atoms with Crippen molar-refractivity contribution in [1.82, 2.24) is 9.66 Å². The highest BCUT2D eigenvalue weighted by Crippen LogP contribution is 2.43. The number of rotatable bonds is 8. The Hall–Kier alpha value is -2.20. The fourth-order valence-corrected chi connectivity index (χ4v) is 4.92. The lowest BCUT2D eigenvalue weighted by atomic mass is 10.2. The van der Waals surface area contributed by atoms with E-state index in [9.17, 15) is 4.79 Å². The molecule has 10 heteroatoms. The van der Waals surface area contributed by atoms with Crippen molar-refractivity contribution in [1.29, 1.82) is 0 Å². The predicted molar refractivity (Wildman–Crippen MR) is 155 cm³/mol. The zero-order valence-corrected chi connectivity index (χ0v) is 24.9. The first-order valence-electron chi connectivity index (χ1n) is 11.1. The van der Waals surface area contributed by atoms with Gasteiger partial charge in [0.15, 0.2) is 11.5 Å². The molecule has 0 N–H and O–H groups in total. The number of aromatic nitrogens is 2. The van der Waals surface area contributed by atoms with Gasteiger partial charge < -0.3 is 9.47 Å². The summed E-state index contributed by atoms with van der Waals surface area (Å²) >= 11 is 16.7. The van der Waals surface area contributed by atoms with Gasteiger partial charge in [0, 0.05) is 26.0 Å². The summed E-state index contributed by atoms with van der Waals surface area (Å²) in [5.74, 6) is 1.67. The molecule has 0 saturated carbocycles. The first kappa shape index (κ1) is 26.9. The molecule has 1 heterocycles. The molecule has 0 spiro atoms. The molecule has 0 amide bonds. The highest BCUT2D eigenvalue weighted by molar-refractivity contribution is 9.13. The van der Waals surface area contributed by atoms with E-state index in [2.05, 4.69) is 57.9 Å². The zero-order chi connectivity index (χ0) is 25.8. The maximum Gasteiger partial charge on any atom is 0.282 e. The summed E-state index contributed by atoms with van der Waals surface area (Å²) in [4.78, 5) is 17.8. The van der Waals surface area contributed by atoms with Crippen molar-refractivity contribution in [3.05, 3.63) is 94.3 Å². The second-order valence-corrected chi connectivity index (χ2v) is 10.6. The van der Waals surface area contributed by atoms with Gasteiger partial charge in [0.25, 0.3) is 5.56 Å². The SMILES string of the molecule is CCOc1cc(C=Nn2c(CC)nc3ccc(Br)cc3c2=O)c(Br)c(Br)c1OCc1ccc(Cl)cc1. The lowest BCUT2D eigenvalue weighted by Gasteiger charge is -2.16. The Morgan fingerprint density at radius 2 is 1.78 bits per heavy atom. The van der Waals surface area contributed by atoms with Gasteiger partial charge in [0.1, 0.15) is 12.4 Å². The molecule has 0 radical (unpaired) electrons. The molecule has 0 aliphatic carbocycles. The third kappa shape index (κ3) is 5.85. The predicted octanol–water partition coefficient (Wildman–Crippen LogP) is 7.76. The van der Waals surface area contributed by atoms with Crippen LogP contribution in [0.2, 0.25) is 5.02 Å². The van der Waals surface area contributed by atoms with E-state index in [0.29, 0.717) is 67.4 Å². The Morgan fingerprint density at radius 1 is 1.03 bits per heavy atom. The van der Waals surface area contributed by atoms with Crippen LogP contribution in [-0.4, -0.2) is 22.5 Å². The lowest BCUT2D eigenvalue weighted by molar-refractivity contribution is 0.267. The van der Waals surface area contributed by atoms with Crippen molar-refractivity contribution in [2.75, 3.05) is 6.61 Å². The Labute approximate surface area is 238 Å². The second-order valence-electron chi connectivity index (χ2n) is 7.67. The first-order valence-corrected chi connectivity index (χ1v) is 13.9. The number of halogens is 4. The minimum Gasteiger partial charge on any atom is -0.490 e. The zero-order valence-electron chi connectivity index (χ0n) is 19.4. The summed E-state index contributed by atoms with van der Waals surface area (Å²) in [6.07, 6.45) is 2.15. The molecule has 3 aromatic carbocycles. The normalized spacial score (nSPS) is 11.4. The largest absolute Gasteiger partial charge is 0.490 e. The molecular formula is C26H21Br3ClN3O3. The molecule has 0 aliphatic rings. The fraction of sp³-hybridized carbons (Fsp3) is 0.192. The molecule has 0 bridgehead atoms. The van der Waals surface area contributed by atoms with E-state index in [-0.39, 0.29) is 5.56 Å². The highest BCUT2D eigenvalue weighted by atomic mass is 79.9. The third-order valence-corrected chi connectivity index (χ3v) is 8.14. The maximum absolute atomic E-state index is 13.2. The van der Waals surface area contributed by atoms with E-state index >= 15 is 0 Å². The van der Waals surface area contributed by atoms with Crippen LogP contribution in [0.3, 0.4) is 0 Å². The van der Waals surface area contributed by atoms with Gasteiger partial charge in [-0.1, -0.05) is 46.6 Å². The van der Waals surface area contributed by atoms with E-state index in [1.165, 1.54) is 4.68 Å². The van der Waals surface area contributed by atoms with Crippen LogP contribution in [0.1, 0.15) is 30.8 Å². The van der Waals surface area contributed by atoms with E-state index in [1.807, 2.05) is 56.3 Å². The Kier molecular flexibility index (Phi) is 8.87. The molecule has 4 aromatic rings. The van der Waals surface area contributed by atoms with Crippen molar-refractivity contribution >= 4 is 76.5 Å². The summed E-state index contributed by atoms with van der Waals surface area (Å²) in [5, 5.41) is 5.66. The van der Waals surface area contributed by atoms with Crippen LogP contribution in [0, 0.1) is 0 Å². The Balaban J connectivity index is 1.72. The molecule has 0 atom stereocenters. The molecule has 0 fully saturated rings. The summed E-state index contributed by atoms with van der Waals surface area (Å²) in [5.41, 5.74) is 2.07. The van der Waals surface area contributed by atoms with E-state index < -0.39 is 0 Å². The minimum atomic E-state index is -0.238. The van der Waals surface area contributed by atoms with Gasteiger partial charge in [-0.05, 0) is 80.7 Å². The van der Waals surface area contributed by atoms with Gasteiger partial charge in [0.2, 0.25) is 0 Å². The van der Waals surface area contributed by atoms with Crippen LogP contribution in [0.5, 0.6) is 11.5 Å². The summed E-state index contributed by atoms with van der Waals surface area (Å²) in [6.45, 7) is 4.62. The smallest absolute Gasteiger partial charge is 0.282 e. The molecule has 0 saturated heterocycles. The fourth-order valence-electron chi connectivity index (χ4n) is 3.49. The monoisotopic (exact) mass is 695 g/mol. The summed E-state index contributed by atoms with van der Waals surface area (Å²) in [6, 6.07) is 14.7. The summed E-state index contributed by atoms with van der Waals surface area (Å²) in [7, 11) is 0. The average molecular weight is 699 g/mol. The Bertz CT molecular complexity index is 1510. The number of fused-ring (bicyclic) bond motifs is 1. The number of aryl methyl sites for hydroxylation is 1. The molecule has 36 heavy (non-hydrogen) atoms. The first-order chi connectivity index (χ1) is 17.3. The van der Waals surface area contributed by atoms with E-state index in [0.717, 1.165) is 10.0 Å². The molecule has 0 aliphatic heterocycles. The molecule has 186 valence electrons. The number of hydrogen-bond acceptors (Lipinski definition) is 5. The van der Waals surface area contributed by atoms with Crippen molar-refractivity contribution in [3.8, 4) is 11.5 Å². The van der Waals surface area contributed by atoms with Gasteiger partial charge in [-0.25, -0.2) is 4.98 Å². The van der Waals surface area contributed by atoms with Gasteiger partial charge in [-0.15, -0.1) is 0 Å². The van der Waals surface area contributed by atoms with Crippen molar-refractivity contribution in [2.24, 2.45) is 5.10 Å². The molecule has 0 unspecified atom stereocenters. The van der Waals surface area contributed by atoms with Crippen LogP contribution in [0.25, 0.3) is 10.9 Å². The van der Waals surface area contributed by atoms with Crippen LogP contribution >= 0.6 is 59.4 Å². The molecule has 1 aromatic heterocycles. The van der Waals surface area contributed by atoms with Crippen molar-refractivity contribution in [2.45, 2.75) is 26.9 Å². The second kappa shape index (κ2) is 11.9. The molecule has 4 rings (SSSR count). The standard InChI is InChI=1S/C26H21Br3ClN3O3/c1-3-22-32-20-10-7-17(27)12-19(20)26(34)33(22)31-13-16-11-21(35-4-2)25(24(29)23(16)28)36-14-15-5-8-18(30)9-6-15/h5-13H,3-4,14H2,1-2H3. The average Bonchev–Trinajstić information content (AvgIpc) is 2.87. The van der Waals surface area contributed by atoms with Crippen molar-refractivity contribution < 1.29 is 9.47 Å². The maximum atomic E-state index is 13.2. The topological polar surface area (TPSA) is 65.7 Å². The molecular weight excluding hydrogens is 677 g/mol. The highest BCUT2D eigenvalue weighted by Gasteiger charge is 2.18. The quantitative estimate of drug-likeness (QED) is 0.177. The third-order valence-electron chi connectivity index (χ3n) is 5.26. The van der Waals surface area contributed by atoms with Gasteiger partial charge in [0.05, 0.1) is 28.2 Å². The Morgan fingerprint density at radius 3 is 2.47 bits per heavy atom. The number of ether oxygens (including phenoxy) is 2. The van der Waals surface area contributed by atoms with Crippen molar-refractivity contribution in [3.63, 3.8) is 0 Å².